The molecule has 3 rings (SSSR count). The smallest absolute Gasteiger partial charge is 0.280 e. The van der Waals surface area contributed by atoms with Gasteiger partial charge in [-0.05, 0) is 37.0 Å². The Hall–Kier alpha value is -2.04. The van der Waals surface area contributed by atoms with Crippen LogP contribution in [0.1, 0.15) is 31.2 Å². The number of imidazole rings is 1. The topological polar surface area (TPSA) is 87.8 Å². The number of nitriles is 1. The number of anilines is 1. The number of sulfonamides is 1. The lowest BCUT2D eigenvalue weighted by atomic mass is 10.2. The molecule has 24 heavy (non-hydrogen) atoms. The van der Waals surface area contributed by atoms with Crippen molar-refractivity contribution in [3.8, 4) is 6.07 Å². The molecule has 1 heterocycles. The van der Waals surface area contributed by atoms with E-state index in [0.717, 1.165) is 12.4 Å². The van der Waals surface area contributed by atoms with E-state index in [-0.39, 0.29) is 16.3 Å². The summed E-state index contributed by atoms with van der Waals surface area (Å²) >= 11 is 5.84. The van der Waals surface area contributed by atoms with Crippen LogP contribution in [0.5, 0.6) is 0 Å². The average molecular weight is 365 g/mol. The molecule has 0 unspecified atom stereocenters. The summed E-state index contributed by atoms with van der Waals surface area (Å²) in [7, 11) is -3.86. The van der Waals surface area contributed by atoms with Crippen molar-refractivity contribution in [2.75, 3.05) is 4.72 Å². The summed E-state index contributed by atoms with van der Waals surface area (Å²) in [4.78, 5) is 4.25. The third kappa shape index (κ3) is 3.55. The van der Waals surface area contributed by atoms with Crippen molar-refractivity contribution in [1.29, 1.82) is 5.26 Å². The summed E-state index contributed by atoms with van der Waals surface area (Å²) in [5.41, 5.74) is 0.357. The van der Waals surface area contributed by atoms with Crippen molar-refractivity contribution >= 4 is 27.3 Å². The number of hydrogen-bond donors (Lipinski definition) is 1. The van der Waals surface area contributed by atoms with Crippen molar-refractivity contribution in [2.45, 2.75) is 37.8 Å². The number of hydrogen-bond acceptors (Lipinski definition) is 4. The van der Waals surface area contributed by atoms with E-state index in [1.807, 2.05) is 17.6 Å². The second-order valence-electron chi connectivity index (χ2n) is 5.85. The molecule has 6 nitrogen and oxygen atoms in total. The molecule has 1 aromatic carbocycles. The minimum Gasteiger partial charge on any atom is -0.333 e. The Labute approximate surface area is 146 Å². The van der Waals surface area contributed by atoms with E-state index < -0.39 is 10.0 Å². The standard InChI is InChI=1S/C16H17ClN4O2S/c1-2-15-19-16(10-21(15)9-11-3-4-11)24(22,23)20-14-6-5-13(17)7-12(14)8-18/h5-7,10-11,20H,2-4,9H2,1H3. The molecule has 0 bridgehead atoms. The number of nitrogens with zero attached hydrogens (tertiary/aromatic N) is 3. The summed E-state index contributed by atoms with van der Waals surface area (Å²) in [6.45, 7) is 2.75. The zero-order valence-electron chi connectivity index (χ0n) is 13.2. The molecule has 1 aliphatic carbocycles. The molecule has 0 saturated heterocycles. The number of aryl methyl sites for hydroxylation is 1. The Morgan fingerprint density at radius 1 is 1.46 bits per heavy atom. The maximum Gasteiger partial charge on any atom is 0.280 e. The van der Waals surface area contributed by atoms with Gasteiger partial charge >= 0.3 is 0 Å². The van der Waals surface area contributed by atoms with Crippen LogP contribution in [-0.2, 0) is 23.0 Å². The number of aromatic nitrogens is 2. The molecule has 1 N–H and O–H groups in total. The molecule has 0 spiro atoms. The highest BCUT2D eigenvalue weighted by Gasteiger charge is 2.26. The summed E-state index contributed by atoms with van der Waals surface area (Å²) < 4.78 is 29.6. The first-order chi connectivity index (χ1) is 11.4. The molecular formula is C16H17ClN4O2S. The van der Waals surface area contributed by atoms with E-state index in [1.54, 1.807) is 6.20 Å². The lowest BCUT2D eigenvalue weighted by Gasteiger charge is -2.07. The summed E-state index contributed by atoms with van der Waals surface area (Å²) in [5, 5.41) is 9.48. The van der Waals surface area contributed by atoms with E-state index in [4.69, 9.17) is 16.9 Å². The summed E-state index contributed by atoms with van der Waals surface area (Å²) in [5.74, 6) is 1.37. The predicted octanol–water partition coefficient (Wildman–Crippen LogP) is 3.18. The highest BCUT2D eigenvalue weighted by atomic mass is 35.5. The van der Waals surface area contributed by atoms with Gasteiger partial charge in [0.25, 0.3) is 10.0 Å². The van der Waals surface area contributed by atoms with Crippen molar-refractivity contribution in [3.05, 3.63) is 40.8 Å². The quantitative estimate of drug-likeness (QED) is 0.852. The van der Waals surface area contributed by atoms with Crippen LogP contribution < -0.4 is 4.72 Å². The van der Waals surface area contributed by atoms with Crippen LogP contribution in [0, 0.1) is 17.2 Å². The molecule has 1 aliphatic rings. The van der Waals surface area contributed by atoms with Crippen LogP contribution in [0.3, 0.4) is 0 Å². The zero-order chi connectivity index (χ0) is 17.3. The van der Waals surface area contributed by atoms with E-state index in [2.05, 4.69) is 9.71 Å². The second-order valence-corrected chi connectivity index (χ2v) is 7.92. The monoisotopic (exact) mass is 364 g/mol. The van der Waals surface area contributed by atoms with Gasteiger partial charge < -0.3 is 4.57 Å². The Kier molecular flexibility index (Phi) is 4.52. The number of halogens is 1. The minimum atomic E-state index is -3.86. The number of benzene rings is 1. The molecule has 126 valence electrons. The predicted molar refractivity (Wildman–Crippen MR) is 91.3 cm³/mol. The average Bonchev–Trinajstić information content (AvgIpc) is 3.25. The van der Waals surface area contributed by atoms with Crippen LogP contribution in [0.25, 0.3) is 0 Å². The van der Waals surface area contributed by atoms with Gasteiger partial charge in [0, 0.05) is 24.2 Å². The fourth-order valence-corrected chi connectivity index (χ4v) is 3.71. The fourth-order valence-electron chi connectivity index (χ4n) is 2.47. The van der Waals surface area contributed by atoms with Crippen LogP contribution in [0.4, 0.5) is 5.69 Å². The van der Waals surface area contributed by atoms with E-state index >= 15 is 0 Å². The molecule has 0 amide bonds. The third-order valence-corrected chi connectivity index (χ3v) is 5.40. The number of nitrogens with one attached hydrogen (secondary N) is 1. The van der Waals surface area contributed by atoms with Gasteiger partial charge in [0.05, 0.1) is 11.3 Å². The van der Waals surface area contributed by atoms with E-state index in [0.29, 0.717) is 17.4 Å². The minimum absolute atomic E-state index is 0.0289. The maximum atomic E-state index is 12.6. The third-order valence-electron chi connectivity index (χ3n) is 3.93. The molecule has 1 saturated carbocycles. The van der Waals surface area contributed by atoms with Crippen molar-refractivity contribution < 1.29 is 8.42 Å². The lowest BCUT2D eigenvalue weighted by Crippen LogP contribution is -2.14. The van der Waals surface area contributed by atoms with Gasteiger partial charge in [-0.3, -0.25) is 4.72 Å². The SMILES string of the molecule is CCc1nc(S(=O)(=O)Nc2ccc(Cl)cc2C#N)cn1CC1CC1. The maximum absolute atomic E-state index is 12.6. The summed E-state index contributed by atoms with van der Waals surface area (Å²) in [6.07, 6.45) is 4.59. The van der Waals surface area contributed by atoms with Crippen molar-refractivity contribution in [2.24, 2.45) is 5.92 Å². The molecule has 8 heteroatoms. The molecule has 2 aromatic rings. The van der Waals surface area contributed by atoms with E-state index in [9.17, 15) is 8.42 Å². The van der Waals surface area contributed by atoms with Crippen LogP contribution >= 0.6 is 11.6 Å². The molecule has 1 aromatic heterocycles. The van der Waals surface area contributed by atoms with Gasteiger partial charge in [0.15, 0.2) is 5.03 Å². The van der Waals surface area contributed by atoms with Gasteiger partial charge in [-0.1, -0.05) is 18.5 Å². The largest absolute Gasteiger partial charge is 0.333 e. The molecule has 0 aliphatic heterocycles. The number of rotatable bonds is 6. The Bertz CT molecular complexity index is 911. The normalized spacial score (nSPS) is 14.4. The van der Waals surface area contributed by atoms with Gasteiger partial charge in [-0.25, -0.2) is 4.98 Å². The van der Waals surface area contributed by atoms with Crippen LogP contribution in [0.15, 0.2) is 29.4 Å². The first-order valence-electron chi connectivity index (χ1n) is 7.71. The first kappa shape index (κ1) is 16.8. The van der Waals surface area contributed by atoms with Crippen molar-refractivity contribution in [3.63, 3.8) is 0 Å². The molecule has 0 atom stereocenters. The van der Waals surface area contributed by atoms with Gasteiger partial charge in [0.2, 0.25) is 0 Å². The van der Waals surface area contributed by atoms with Crippen LogP contribution in [-0.4, -0.2) is 18.0 Å². The fraction of sp³-hybridized carbons (Fsp3) is 0.375. The van der Waals surface area contributed by atoms with Crippen molar-refractivity contribution in [1.82, 2.24) is 9.55 Å². The Morgan fingerprint density at radius 3 is 2.83 bits per heavy atom. The van der Waals surface area contributed by atoms with Gasteiger partial charge in [-0.15, -0.1) is 0 Å². The highest BCUT2D eigenvalue weighted by Crippen LogP contribution is 2.31. The first-order valence-corrected chi connectivity index (χ1v) is 9.57. The van der Waals surface area contributed by atoms with E-state index in [1.165, 1.54) is 31.0 Å². The summed E-state index contributed by atoms with van der Waals surface area (Å²) in [6, 6.07) is 6.36. The molecular weight excluding hydrogens is 348 g/mol. The van der Waals surface area contributed by atoms with Gasteiger partial charge in [0.1, 0.15) is 11.9 Å². The Balaban J connectivity index is 1.90. The van der Waals surface area contributed by atoms with Crippen LogP contribution in [0.2, 0.25) is 5.02 Å². The second kappa shape index (κ2) is 6.46. The molecule has 0 radical (unpaired) electrons. The zero-order valence-corrected chi connectivity index (χ0v) is 14.7. The Morgan fingerprint density at radius 2 is 2.21 bits per heavy atom. The highest BCUT2D eigenvalue weighted by molar-refractivity contribution is 7.92. The lowest BCUT2D eigenvalue weighted by molar-refractivity contribution is 0.594. The van der Waals surface area contributed by atoms with Gasteiger partial charge in [-0.2, -0.15) is 13.7 Å². The molecule has 1 fully saturated rings.